The minimum atomic E-state index is -0.836. The molecular weight excluding hydrogens is 214 g/mol. The Bertz CT molecular complexity index is 400. The van der Waals surface area contributed by atoms with Crippen LogP contribution in [0.5, 0.6) is 0 Å². The predicted molar refractivity (Wildman–Crippen MR) is 56.4 cm³/mol. The summed E-state index contributed by atoms with van der Waals surface area (Å²) in [4.78, 5) is 11.7. The number of carbonyl (C=O) groups is 1. The zero-order valence-electron chi connectivity index (χ0n) is 9.51. The molecule has 1 rings (SSSR count). The lowest BCUT2D eigenvalue weighted by atomic mass is 9.97. The molecule has 0 N–H and O–H groups in total. The molecule has 0 amide bonds. The minimum absolute atomic E-state index is 0.0477. The fourth-order valence-electron chi connectivity index (χ4n) is 1.27. The Morgan fingerprint density at radius 1 is 1.38 bits per heavy atom. The lowest BCUT2D eigenvalue weighted by molar-refractivity contribution is 0.0171. The van der Waals surface area contributed by atoms with Gasteiger partial charge in [0, 0.05) is 19.6 Å². The van der Waals surface area contributed by atoms with Gasteiger partial charge < -0.3 is 4.74 Å². The molecule has 88 valence electrons. The Morgan fingerprint density at radius 2 is 2.00 bits per heavy atom. The number of benzene rings is 1. The van der Waals surface area contributed by atoms with E-state index in [0.717, 1.165) is 12.1 Å². The summed E-state index contributed by atoms with van der Waals surface area (Å²) in [6, 6.07) is 2.92. The van der Waals surface area contributed by atoms with E-state index in [1.807, 2.05) is 0 Å². The van der Waals surface area contributed by atoms with E-state index in [0.29, 0.717) is 6.07 Å². The van der Waals surface area contributed by atoms with Crippen LogP contribution in [0.1, 0.15) is 30.6 Å². The summed E-state index contributed by atoms with van der Waals surface area (Å²) in [6.45, 7) is 3.46. The van der Waals surface area contributed by atoms with Gasteiger partial charge in [0.05, 0.1) is 11.2 Å². The van der Waals surface area contributed by atoms with Gasteiger partial charge in [-0.3, -0.25) is 4.79 Å². The molecule has 0 saturated heterocycles. The van der Waals surface area contributed by atoms with Crippen LogP contribution in [-0.4, -0.2) is 18.5 Å². The Labute approximate surface area is 93.2 Å². The maximum atomic E-state index is 13.3. The van der Waals surface area contributed by atoms with Crippen molar-refractivity contribution in [2.45, 2.75) is 25.9 Å². The van der Waals surface area contributed by atoms with Crippen LogP contribution in [0.3, 0.4) is 0 Å². The number of hydrogen-bond donors (Lipinski definition) is 0. The zero-order valence-corrected chi connectivity index (χ0v) is 9.51. The molecule has 0 fully saturated rings. The largest absolute Gasteiger partial charge is 0.378 e. The second-order valence-corrected chi connectivity index (χ2v) is 4.19. The van der Waals surface area contributed by atoms with E-state index in [2.05, 4.69) is 0 Å². The maximum Gasteiger partial charge on any atom is 0.168 e. The van der Waals surface area contributed by atoms with E-state index in [4.69, 9.17) is 4.74 Å². The maximum absolute atomic E-state index is 13.3. The Morgan fingerprint density at radius 3 is 2.50 bits per heavy atom. The number of methoxy groups -OCH3 is 1. The first-order valence-corrected chi connectivity index (χ1v) is 4.89. The first-order valence-electron chi connectivity index (χ1n) is 4.89. The highest BCUT2D eigenvalue weighted by Crippen LogP contribution is 2.19. The fraction of sp³-hybridized carbons (Fsp3) is 0.417. The van der Waals surface area contributed by atoms with Gasteiger partial charge in [0.25, 0.3) is 0 Å². The van der Waals surface area contributed by atoms with Crippen LogP contribution < -0.4 is 0 Å². The van der Waals surface area contributed by atoms with Gasteiger partial charge in [-0.25, -0.2) is 8.78 Å². The van der Waals surface area contributed by atoms with Crippen LogP contribution in [0.25, 0.3) is 0 Å². The van der Waals surface area contributed by atoms with Crippen molar-refractivity contribution < 1.29 is 18.3 Å². The van der Waals surface area contributed by atoms with E-state index in [9.17, 15) is 13.6 Å². The third-order valence-electron chi connectivity index (χ3n) is 2.37. The Hall–Kier alpha value is -1.29. The average Bonchev–Trinajstić information content (AvgIpc) is 2.16. The van der Waals surface area contributed by atoms with Crippen LogP contribution in [0, 0.1) is 11.6 Å². The molecule has 1 aromatic carbocycles. The number of ketones is 1. The first-order chi connectivity index (χ1) is 7.35. The topological polar surface area (TPSA) is 26.3 Å². The van der Waals surface area contributed by atoms with E-state index in [-0.39, 0.29) is 12.0 Å². The molecular formula is C12H14F2O2. The van der Waals surface area contributed by atoms with Crippen LogP contribution in [-0.2, 0) is 4.74 Å². The van der Waals surface area contributed by atoms with Crippen molar-refractivity contribution in [1.29, 1.82) is 0 Å². The van der Waals surface area contributed by atoms with Gasteiger partial charge in [-0.1, -0.05) is 0 Å². The van der Waals surface area contributed by atoms with Crippen molar-refractivity contribution in [3.8, 4) is 0 Å². The molecule has 0 aliphatic carbocycles. The average molecular weight is 228 g/mol. The molecule has 0 heterocycles. The van der Waals surface area contributed by atoms with Crippen molar-refractivity contribution in [3.05, 3.63) is 35.4 Å². The highest BCUT2D eigenvalue weighted by atomic mass is 19.1. The zero-order chi connectivity index (χ0) is 12.3. The summed E-state index contributed by atoms with van der Waals surface area (Å²) in [6.07, 6.45) is 0.0477. The second-order valence-electron chi connectivity index (χ2n) is 4.19. The summed E-state index contributed by atoms with van der Waals surface area (Å²) in [5.74, 6) is -1.93. The standard InChI is InChI=1S/C12H14F2O2/c1-12(2,16-3)7-11(15)9-5-4-8(13)6-10(9)14/h4-6H,7H2,1-3H3. The molecule has 0 aromatic heterocycles. The molecule has 0 saturated carbocycles. The summed E-state index contributed by atoms with van der Waals surface area (Å²) >= 11 is 0. The Balaban J connectivity index is 2.89. The highest BCUT2D eigenvalue weighted by Gasteiger charge is 2.23. The molecule has 0 atom stereocenters. The number of carbonyl (C=O) groups excluding carboxylic acids is 1. The van der Waals surface area contributed by atoms with Gasteiger partial charge in [-0.05, 0) is 26.0 Å². The third kappa shape index (κ3) is 3.10. The lowest BCUT2D eigenvalue weighted by Crippen LogP contribution is -2.26. The molecule has 4 heteroatoms. The van der Waals surface area contributed by atoms with Crippen molar-refractivity contribution in [2.24, 2.45) is 0 Å². The smallest absolute Gasteiger partial charge is 0.168 e. The van der Waals surface area contributed by atoms with Gasteiger partial charge >= 0.3 is 0 Å². The van der Waals surface area contributed by atoms with E-state index in [1.54, 1.807) is 13.8 Å². The summed E-state index contributed by atoms with van der Waals surface area (Å²) in [7, 11) is 1.48. The molecule has 0 radical (unpaired) electrons. The quantitative estimate of drug-likeness (QED) is 0.740. The summed E-state index contributed by atoms with van der Waals surface area (Å²) in [5.41, 5.74) is -0.760. The molecule has 0 unspecified atom stereocenters. The SMILES string of the molecule is COC(C)(C)CC(=O)c1ccc(F)cc1F. The molecule has 1 aromatic rings. The summed E-state index contributed by atoms with van der Waals surface area (Å²) < 4.78 is 31.0. The number of rotatable bonds is 4. The van der Waals surface area contributed by atoms with Crippen LogP contribution in [0.2, 0.25) is 0 Å². The number of hydrogen-bond acceptors (Lipinski definition) is 2. The molecule has 0 aliphatic heterocycles. The number of Topliss-reactive ketones (excluding diaryl/α,β-unsaturated/α-hetero) is 1. The first kappa shape index (κ1) is 12.8. The van der Waals surface area contributed by atoms with Crippen LogP contribution in [0.15, 0.2) is 18.2 Å². The van der Waals surface area contributed by atoms with Crippen molar-refractivity contribution in [1.82, 2.24) is 0 Å². The van der Waals surface area contributed by atoms with Crippen molar-refractivity contribution in [3.63, 3.8) is 0 Å². The van der Waals surface area contributed by atoms with Gasteiger partial charge in [0.2, 0.25) is 0 Å². The second kappa shape index (κ2) is 4.70. The van der Waals surface area contributed by atoms with E-state index < -0.39 is 23.0 Å². The number of ether oxygens (including phenoxy) is 1. The van der Waals surface area contributed by atoms with Crippen molar-refractivity contribution >= 4 is 5.78 Å². The van der Waals surface area contributed by atoms with Gasteiger partial charge in [0.1, 0.15) is 11.6 Å². The van der Waals surface area contributed by atoms with Gasteiger partial charge in [-0.2, -0.15) is 0 Å². The monoisotopic (exact) mass is 228 g/mol. The predicted octanol–water partition coefficient (Wildman–Crippen LogP) is 2.96. The van der Waals surface area contributed by atoms with Gasteiger partial charge in [-0.15, -0.1) is 0 Å². The molecule has 0 spiro atoms. The molecule has 0 bridgehead atoms. The van der Waals surface area contributed by atoms with Gasteiger partial charge in [0.15, 0.2) is 5.78 Å². The van der Waals surface area contributed by atoms with Crippen molar-refractivity contribution in [2.75, 3.05) is 7.11 Å². The highest BCUT2D eigenvalue weighted by molar-refractivity contribution is 5.96. The minimum Gasteiger partial charge on any atom is -0.378 e. The molecule has 16 heavy (non-hydrogen) atoms. The Kier molecular flexibility index (Phi) is 3.75. The number of halogens is 2. The van der Waals surface area contributed by atoms with Crippen LogP contribution >= 0.6 is 0 Å². The van der Waals surface area contributed by atoms with E-state index in [1.165, 1.54) is 7.11 Å². The van der Waals surface area contributed by atoms with E-state index >= 15 is 0 Å². The summed E-state index contributed by atoms with van der Waals surface area (Å²) in [5, 5.41) is 0. The normalized spacial score (nSPS) is 11.6. The van der Waals surface area contributed by atoms with Crippen LogP contribution in [0.4, 0.5) is 8.78 Å². The fourth-order valence-corrected chi connectivity index (χ4v) is 1.27. The molecule has 0 aliphatic rings. The third-order valence-corrected chi connectivity index (χ3v) is 2.37. The lowest BCUT2D eigenvalue weighted by Gasteiger charge is -2.21. The molecule has 2 nitrogen and oxygen atoms in total.